The molecule has 0 bridgehead atoms. The van der Waals surface area contributed by atoms with Gasteiger partial charge in [-0.15, -0.1) is 0 Å². The average molecular weight is 521 g/mol. The average Bonchev–Trinajstić information content (AvgIpc) is 3.49. The number of furan rings is 1. The normalized spacial score (nSPS) is 17.8. The molecule has 0 saturated heterocycles. The highest BCUT2D eigenvalue weighted by atomic mass is 16.6. The van der Waals surface area contributed by atoms with Gasteiger partial charge in [-0.2, -0.15) is 0 Å². The minimum atomic E-state index is -1.10. The lowest BCUT2D eigenvalue weighted by Crippen LogP contribution is -2.52. The Labute approximate surface area is 221 Å². The van der Waals surface area contributed by atoms with Crippen LogP contribution in [0.25, 0.3) is 0 Å². The van der Waals surface area contributed by atoms with E-state index in [1.807, 2.05) is 12.1 Å². The third-order valence-corrected chi connectivity index (χ3v) is 6.91. The second-order valence-electron chi connectivity index (χ2n) is 9.40. The Hall–Kier alpha value is -4.14. The summed E-state index contributed by atoms with van der Waals surface area (Å²) < 4.78 is 28.6. The first kappa shape index (κ1) is 25.5. The topological polar surface area (TPSA) is 99.5 Å². The molecule has 1 aliphatic carbocycles. The van der Waals surface area contributed by atoms with Crippen LogP contribution in [0.5, 0.6) is 23.0 Å². The maximum atomic E-state index is 14.3. The summed E-state index contributed by atoms with van der Waals surface area (Å²) in [5, 5.41) is 3.16. The molecule has 2 aromatic carbocycles. The van der Waals surface area contributed by atoms with Gasteiger partial charge in [0.05, 0.1) is 26.2 Å². The fourth-order valence-electron chi connectivity index (χ4n) is 4.98. The Morgan fingerprint density at radius 1 is 0.947 bits per heavy atom. The summed E-state index contributed by atoms with van der Waals surface area (Å²) in [4.78, 5) is 29.6. The van der Waals surface area contributed by atoms with E-state index in [9.17, 15) is 9.59 Å². The maximum absolute atomic E-state index is 14.3. The van der Waals surface area contributed by atoms with Gasteiger partial charge in [0.1, 0.15) is 23.9 Å². The van der Waals surface area contributed by atoms with Crippen molar-refractivity contribution in [3.63, 3.8) is 0 Å². The standard InChI is InChI=1S/C29H32N2O7/c1-34-21-15-20(16-22(17-21)35-2)31(29(33)26-18-37-23-11-6-7-12-24(23)38-26)27(25-13-8-14-36-25)28(32)30-19-9-4-3-5-10-19/h6-8,11-17,19,26-27H,3-5,9-10,18H2,1-2H3,(H,30,32)/t26-,27+/m1/s1. The predicted octanol–water partition coefficient (Wildman–Crippen LogP) is 4.66. The van der Waals surface area contributed by atoms with Crippen molar-refractivity contribution >= 4 is 17.5 Å². The molecule has 0 spiro atoms. The Balaban J connectivity index is 1.56. The predicted molar refractivity (Wildman–Crippen MR) is 140 cm³/mol. The van der Waals surface area contributed by atoms with E-state index in [4.69, 9.17) is 23.4 Å². The molecule has 1 aliphatic heterocycles. The molecule has 38 heavy (non-hydrogen) atoms. The molecule has 3 aromatic rings. The number of carbonyl (C=O) groups excluding carboxylic acids is 2. The van der Waals surface area contributed by atoms with Gasteiger partial charge >= 0.3 is 0 Å². The summed E-state index contributed by atoms with van der Waals surface area (Å²) in [5.74, 6) is 1.48. The number of carbonyl (C=O) groups is 2. The molecule has 0 radical (unpaired) electrons. The number of methoxy groups -OCH3 is 2. The summed E-state index contributed by atoms with van der Waals surface area (Å²) in [6.45, 7) is -0.0113. The van der Waals surface area contributed by atoms with E-state index in [2.05, 4.69) is 5.32 Å². The highest BCUT2D eigenvalue weighted by Gasteiger charge is 2.41. The van der Waals surface area contributed by atoms with Gasteiger partial charge in [-0.3, -0.25) is 14.5 Å². The van der Waals surface area contributed by atoms with E-state index in [0.29, 0.717) is 34.4 Å². The second-order valence-corrected chi connectivity index (χ2v) is 9.40. The monoisotopic (exact) mass is 520 g/mol. The minimum absolute atomic E-state index is 0.0113. The maximum Gasteiger partial charge on any atom is 0.272 e. The quantitative estimate of drug-likeness (QED) is 0.461. The second kappa shape index (κ2) is 11.5. The van der Waals surface area contributed by atoms with Crippen LogP contribution < -0.4 is 29.2 Å². The highest BCUT2D eigenvalue weighted by molar-refractivity contribution is 6.03. The van der Waals surface area contributed by atoms with Crippen molar-refractivity contribution in [1.29, 1.82) is 0 Å². The van der Waals surface area contributed by atoms with Crippen LogP contribution in [-0.4, -0.2) is 44.8 Å². The lowest BCUT2D eigenvalue weighted by atomic mass is 9.95. The van der Waals surface area contributed by atoms with Crippen molar-refractivity contribution in [2.24, 2.45) is 0 Å². The molecular formula is C29H32N2O7. The number of fused-ring (bicyclic) bond motifs is 1. The van der Waals surface area contributed by atoms with Gasteiger partial charge in [-0.25, -0.2) is 0 Å². The molecule has 200 valence electrons. The fraction of sp³-hybridized carbons (Fsp3) is 0.379. The fourth-order valence-corrected chi connectivity index (χ4v) is 4.98. The Morgan fingerprint density at radius 3 is 2.32 bits per heavy atom. The van der Waals surface area contributed by atoms with E-state index in [1.165, 1.54) is 25.4 Å². The van der Waals surface area contributed by atoms with Gasteiger partial charge in [-0.05, 0) is 37.1 Å². The molecular weight excluding hydrogens is 488 g/mol. The number of rotatable bonds is 8. The third kappa shape index (κ3) is 5.41. The van der Waals surface area contributed by atoms with Crippen LogP contribution in [0.2, 0.25) is 0 Å². The van der Waals surface area contributed by atoms with Gasteiger partial charge in [-0.1, -0.05) is 31.4 Å². The number of nitrogens with one attached hydrogen (secondary N) is 1. The first-order chi connectivity index (χ1) is 18.6. The largest absolute Gasteiger partial charge is 0.497 e. The van der Waals surface area contributed by atoms with Crippen LogP contribution >= 0.6 is 0 Å². The molecule has 5 rings (SSSR count). The number of benzene rings is 2. The van der Waals surface area contributed by atoms with Crippen LogP contribution in [0.15, 0.2) is 65.3 Å². The number of hydrogen-bond acceptors (Lipinski definition) is 7. The Kier molecular flexibility index (Phi) is 7.72. The van der Waals surface area contributed by atoms with Crippen molar-refractivity contribution in [2.45, 2.75) is 50.3 Å². The first-order valence-electron chi connectivity index (χ1n) is 12.9. The number of anilines is 1. The van der Waals surface area contributed by atoms with Crippen molar-refractivity contribution < 1.29 is 33.0 Å². The molecule has 1 N–H and O–H groups in total. The lowest BCUT2D eigenvalue weighted by molar-refractivity contribution is -0.132. The van der Waals surface area contributed by atoms with Gasteiger partial charge in [0.2, 0.25) is 6.10 Å². The van der Waals surface area contributed by atoms with Crippen LogP contribution in [0, 0.1) is 0 Å². The van der Waals surface area contributed by atoms with Crippen LogP contribution in [0.3, 0.4) is 0 Å². The van der Waals surface area contributed by atoms with Crippen molar-refractivity contribution in [2.75, 3.05) is 25.7 Å². The zero-order valence-electron chi connectivity index (χ0n) is 21.6. The summed E-state index contributed by atoms with van der Waals surface area (Å²) >= 11 is 0. The number of hydrogen-bond donors (Lipinski definition) is 1. The number of ether oxygens (including phenoxy) is 4. The van der Waals surface area contributed by atoms with E-state index in [-0.39, 0.29) is 18.6 Å². The lowest BCUT2D eigenvalue weighted by Gasteiger charge is -2.35. The van der Waals surface area contributed by atoms with E-state index < -0.39 is 18.1 Å². The van der Waals surface area contributed by atoms with E-state index >= 15 is 0 Å². The number of amides is 2. The molecule has 2 atom stereocenters. The molecule has 1 fully saturated rings. The van der Waals surface area contributed by atoms with Crippen LogP contribution in [0.4, 0.5) is 5.69 Å². The zero-order valence-corrected chi connectivity index (χ0v) is 21.6. The Bertz CT molecular complexity index is 1230. The van der Waals surface area contributed by atoms with E-state index in [0.717, 1.165) is 32.1 Å². The minimum Gasteiger partial charge on any atom is -0.497 e. The number of para-hydroxylation sites is 2. The summed E-state index contributed by atoms with van der Waals surface area (Å²) in [6.07, 6.45) is 5.55. The molecule has 1 saturated carbocycles. The molecule has 1 aromatic heterocycles. The van der Waals surface area contributed by atoms with Gasteiger partial charge < -0.3 is 28.7 Å². The summed E-state index contributed by atoms with van der Waals surface area (Å²) in [7, 11) is 3.05. The van der Waals surface area contributed by atoms with Gasteiger partial charge in [0.25, 0.3) is 11.8 Å². The molecule has 9 nitrogen and oxygen atoms in total. The molecule has 2 heterocycles. The van der Waals surface area contributed by atoms with Gasteiger partial charge in [0.15, 0.2) is 17.5 Å². The van der Waals surface area contributed by atoms with Crippen molar-refractivity contribution in [3.05, 3.63) is 66.6 Å². The SMILES string of the molecule is COc1cc(OC)cc(N(C(=O)[C@H]2COc3ccccc3O2)[C@H](C(=O)NC2CCCCC2)c2ccco2)c1. The smallest absolute Gasteiger partial charge is 0.272 e. The molecule has 2 aliphatic rings. The third-order valence-electron chi connectivity index (χ3n) is 6.91. The molecule has 0 unspecified atom stereocenters. The first-order valence-corrected chi connectivity index (χ1v) is 12.9. The number of nitrogens with zero attached hydrogens (tertiary/aromatic N) is 1. The molecule has 2 amide bonds. The Morgan fingerprint density at radius 2 is 1.66 bits per heavy atom. The van der Waals surface area contributed by atoms with Crippen LogP contribution in [0.1, 0.15) is 43.9 Å². The molecule has 9 heteroatoms. The summed E-state index contributed by atoms with van der Waals surface area (Å²) in [6, 6.07) is 14.6. The highest BCUT2D eigenvalue weighted by Crippen LogP contribution is 2.37. The van der Waals surface area contributed by atoms with E-state index in [1.54, 1.807) is 42.5 Å². The zero-order chi connectivity index (χ0) is 26.5. The van der Waals surface area contributed by atoms with Crippen LogP contribution in [-0.2, 0) is 9.59 Å². The van der Waals surface area contributed by atoms with Gasteiger partial charge in [0, 0.05) is 24.2 Å². The summed E-state index contributed by atoms with van der Waals surface area (Å²) in [5.41, 5.74) is 0.397. The van der Waals surface area contributed by atoms with Crippen molar-refractivity contribution in [3.8, 4) is 23.0 Å². The van der Waals surface area contributed by atoms with Crippen molar-refractivity contribution in [1.82, 2.24) is 5.32 Å².